The number of nitrogens with one attached hydrogen (secondary N) is 1. The first-order chi connectivity index (χ1) is 8.33. The smallest absolute Gasteiger partial charge is 0.0758 e. The first-order valence-electron chi connectivity index (χ1n) is 6.01. The van der Waals surface area contributed by atoms with E-state index < -0.39 is 0 Å². The number of hydrogen-bond donors (Lipinski definition) is 1. The summed E-state index contributed by atoms with van der Waals surface area (Å²) >= 11 is 8.85. The average molecular weight is 393 g/mol. The van der Waals surface area contributed by atoms with Gasteiger partial charge in [-0.05, 0) is 70.8 Å². The predicted octanol–water partition coefficient (Wildman–Crippen LogP) is 5.36. The molecule has 0 bridgehead atoms. The van der Waals surface area contributed by atoms with Gasteiger partial charge in [-0.25, -0.2) is 0 Å². The minimum absolute atomic E-state index is 0.0726. The number of hydrogen-bond acceptors (Lipinski definition) is 2. The first kappa shape index (κ1) is 16.2. The van der Waals surface area contributed by atoms with Crippen LogP contribution < -0.4 is 5.32 Å². The van der Waals surface area contributed by atoms with E-state index in [0.29, 0.717) is 6.04 Å². The number of thiophene rings is 1. The van der Waals surface area contributed by atoms with E-state index in [0.717, 1.165) is 16.8 Å². The minimum atomic E-state index is 0.0726. The Labute approximate surface area is 131 Å². The highest BCUT2D eigenvalue weighted by atomic mass is 79.9. The Balaban J connectivity index is 2.83. The quantitative estimate of drug-likeness (QED) is 0.679. The van der Waals surface area contributed by atoms with Crippen LogP contribution in [0.15, 0.2) is 13.6 Å². The molecule has 1 rings (SSSR count). The lowest BCUT2D eigenvalue weighted by molar-refractivity contribution is 0.554. The molecule has 1 aromatic heterocycles. The maximum absolute atomic E-state index is 3.62. The molecular formula is C14H19Br2NS. The highest BCUT2D eigenvalue weighted by molar-refractivity contribution is 9.12. The molecule has 4 heteroatoms. The Morgan fingerprint density at radius 1 is 1.39 bits per heavy atom. The summed E-state index contributed by atoms with van der Waals surface area (Å²) in [5.41, 5.74) is 1.36. The van der Waals surface area contributed by atoms with Gasteiger partial charge in [0.2, 0.25) is 0 Å². The summed E-state index contributed by atoms with van der Waals surface area (Å²) in [6.07, 6.45) is 0.840. The van der Waals surface area contributed by atoms with Crippen molar-refractivity contribution in [3.05, 3.63) is 19.2 Å². The second kappa shape index (κ2) is 7.09. The van der Waals surface area contributed by atoms with Crippen molar-refractivity contribution in [1.82, 2.24) is 5.32 Å². The molecule has 0 aliphatic heterocycles. The molecule has 1 unspecified atom stereocenters. The second-order valence-electron chi connectivity index (χ2n) is 5.15. The van der Waals surface area contributed by atoms with Crippen molar-refractivity contribution in [3.8, 4) is 11.8 Å². The van der Waals surface area contributed by atoms with Gasteiger partial charge in [0.15, 0.2) is 0 Å². The lowest BCUT2D eigenvalue weighted by atomic mass is 9.97. The van der Waals surface area contributed by atoms with E-state index in [4.69, 9.17) is 0 Å². The van der Waals surface area contributed by atoms with E-state index in [9.17, 15) is 0 Å². The molecule has 0 aliphatic carbocycles. The lowest BCUT2D eigenvalue weighted by Crippen LogP contribution is -2.20. The SMILES string of the molecule is CCNC(CC#CC(C)(C)C)c1cc(Br)sc1Br. The van der Waals surface area contributed by atoms with E-state index in [1.54, 1.807) is 11.3 Å². The summed E-state index contributed by atoms with van der Waals surface area (Å²) in [6.45, 7) is 9.49. The van der Waals surface area contributed by atoms with Crippen molar-refractivity contribution in [2.75, 3.05) is 6.54 Å². The fourth-order valence-corrected chi connectivity index (χ4v) is 4.52. The Bertz CT molecular complexity index is 449. The lowest BCUT2D eigenvalue weighted by Gasteiger charge is -2.15. The zero-order valence-corrected chi connectivity index (χ0v) is 15.2. The van der Waals surface area contributed by atoms with Crippen LogP contribution in [0, 0.1) is 17.3 Å². The fourth-order valence-electron chi connectivity index (χ4n) is 1.55. The van der Waals surface area contributed by atoms with Crippen LogP contribution in [0.1, 0.15) is 45.7 Å². The van der Waals surface area contributed by atoms with Crippen LogP contribution in [0.25, 0.3) is 0 Å². The summed E-state index contributed by atoms with van der Waals surface area (Å²) in [5, 5.41) is 3.49. The van der Waals surface area contributed by atoms with Gasteiger partial charge in [0.05, 0.1) is 7.57 Å². The Hall–Kier alpha value is 0.180. The van der Waals surface area contributed by atoms with Gasteiger partial charge in [-0.15, -0.1) is 17.3 Å². The molecule has 0 saturated heterocycles. The van der Waals surface area contributed by atoms with E-state index in [2.05, 4.69) is 82.8 Å². The molecule has 0 aliphatic rings. The van der Waals surface area contributed by atoms with Gasteiger partial charge in [0, 0.05) is 17.9 Å². The molecule has 0 spiro atoms. The third-order valence-electron chi connectivity index (χ3n) is 2.28. The summed E-state index contributed by atoms with van der Waals surface area (Å²) in [7, 11) is 0. The van der Waals surface area contributed by atoms with Crippen molar-refractivity contribution >= 4 is 43.2 Å². The molecule has 100 valence electrons. The van der Waals surface area contributed by atoms with Crippen LogP contribution in [0.5, 0.6) is 0 Å². The molecule has 1 N–H and O–H groups in total. The molecule has 0 saturated carbocycles. The molecule has 1 nitrogen and oxygen atoms in total. The van der Waals surface area contributed by atoms with Crippen LogP contribution in [0.3, 0.4) is 0 Å². The van der Waals surface area contributed by atoms with Crippen LogP contribution in [0.4, 0.5) is 0 Å². The van der Waals surface area contributed by atoms with Crippen molar-refractivity contribution in [2.45, 2.75) is 40.2 Å². The van der Waals surface area contributed by atoms with Gasteiger partial charge in [-0.1, -0.05) is 12.8 Å². The molecule has 0 amide bonds. The predicted molar refractivity (Wildman–Crippen MR) is 88.0 cm³/mol. The largest absolute Gasteiger partial charge is 0.309 e. The van der Waals surface area contributed by atoms with Crippen molar-refractivity contribution in [3.63, 3.8) is 0 Å². The Morgan fingerprint density at radius 3 is 2.50 bits per heavy atom. The van der Waals surface area contributed by atoms with E-state index >= 15 is 0 Å². The molecule has 1 heterocycles. The normalized spacial score (nSPS) is 13.0. The van der Waals surface area contributed by atoms with Gasteiger partial charge >= 0.3 is 0 Å². The fraction of sp³-hybridized carbons (Fsp3) is 0.571. The number of rotatable bonds is 4. The van der Waals surface area contributed by atoms with Crippen molar-refractivity contribution < 1.29 is 0 Å². The first-order valence-corrected chi connectivity index (χ1v) is 8.42. The topological polar surface area (TPSA) is 12.0 Å². The summed E-state index contributed by atoms with van der Waals surface area (Å²) < 4.78 is 2.33. The van der Waals surface area contributed by atoms with Gasteiger partial charge in [-0.3, -0.25) is 0 Å². The van der Waals surface area contributed by atoms with Gasteiger partial charge in [0.25, 0.3) is 0 Å². The molecule has 1 atom stereocenters. The number of halogens is 2. The standard InChI is InChI=1S/C14H19Br2NS/c1-5-17-11(7-6-8-14(2,3)4)10-9-12(15)18-13(10)16/h9,11,17H,5,7H2,1-4H3. The molecule has 0 fully saturated rings. The summed E-state index contributed by atoms with van der Waals surface area (Å²) in [6, 6.07) is 2.46. The van der Waals surface area contributed by atoms with Crippen molar-refractivity contribution in [2.24, 2.45) is 5.41 Å². The molecule has 1 aromatic rings. The van der Waals surface area contributed by atoms with Gasteiger partial charge < -0.3 is 5.32 Å². The Kier molecular flexibility index (Phi) is 6.40. The van der Waals surface area contributed by atoms with E-state index in [-0.39, 0.29) is 5.41 Å². The third kappa shape index (κ3) is 5.44. The van der Waals surface area contributed by atoms with Crippen molar-refractivity contribution in [1.29, 1.82) is 0 Å². The third-order valence-corrected chi connectivity index (χ3v) is 4.66. The molecule has 0 radical (unpaired) electrons. The molecule has 0 aromatic carbocycles. The maximum Gasteiger partial charge on any atom is 0.0758 e. The monoisotopic (exact) mass is 391 g/mol. The highest BCUT2D eigenvalue weighted by Crippen LogP contribution is 2.36. The molecular weight excluding hydrogens is 374 g/mol. The zero-order valence-electron chi connectivity index (χ0n) is 11.2. The Morgan fingerprint density at radius 2 is 2.06 bits per heavy atom. The van der Waals surface area contributed by atoms with E-state index in [1.807, 2.05) is 0 Å². The zero-order chi connectivity index (χ0) is 13.8. The molecule has 18 heavy (non-hydrogen) atoms. The van der Waals surface area contributed by atoms with Gasteiger partial charge in [-0.2, -0.15) is 0 Å². The minimum Gasteiger partial charge on any atom is -0.309 e. The summed E-state index contributed by atoms with van der Waals surface area (Å²) in [5.74, 6) is 6.59. The van der Waals surface area contributed by atoms with Crippen LogP contribution in [-0.4, -0.2) is 6.54 Å². The van der Waals surface area contributed by atoms with Crippen LogP contribution in [0.2, 0.25) is 0 Å². The van der Waals surface area contributed by atoms with E-state index in [1.165, 1.54) is 9.35 Å². The van der Waals surface area contributed by atoms with Crippen LogP contribution in [-0.2, 0) is 0 Å². The average Bonchev–Trinajstić information content (AvgIpc) is 2.55. The van der Waals surface area contributed by atoms with Gasteiger partial charge in [0.1, 0.15) is 0 Å². The second-order valence-corrected chi connectivity index (χ2v) is 8.90. The highest BCUT2D eigenvalue weighted by Gasteiger charge is 2.15. The summed E-state index contributed by atoms with van der Waals surface area (Å²) in [4.78, 5) is 0. The maximum atomic E-state index is 3.62. The van der Waals surface area contributed by atoms with Crippen LogP contribution >= 0.6 is 43.2 Å².